The quantitative estimate of drug-likeness (QED) is 0.488. The Hall–Kier alpha value is -2.86. The largest absolute Gasteiger partial charge is 0.497 e. The summed E-state index contributed by atoms with van der Waals surface area (Å²) in [7, 11) is 1.60. The molecule has 1 amide bonds. The highest BCUT2D eigenvalue weighted by Gasteiger charge is 2.08. The zero-order valence-electron chi connectivity index (χ0n) is 14.1. The van der Waals surface area contributed by atoms with Gasteiger partial charge < -0.3 is 9.47 Å². The molecule has 0 aromatic heterocycles. The summed E-state index contributed by atoms with van der Waals surface area (Å²) in [5.41, 5.74) is 3.27. The number of benzene rings is 3. The predicted molar refractivity (Wildman–Crippen MR) is 106 cm³/mol. The van der Waals surface area contributed by atoms with Gasteiger partial charge in [-0.1, -0.05) is 42.5 Å². The molecule has 0 atom stereocenters. The summed E-state index contributed by atoms with van der Waals surface area (Å²) >= 11 is 3.53. The lowest BCUT2D eigenvalue weighted by Gasteiger charge is -2.09. The Morgan fingerprint density at radius 2 is 2.00 bits per heavy atom. The summed E-state index contributed by atoms with van der Waals surface area (Å²) in [6, 6.07) is 19.1. The summed E-state index contributed by atoms with van der Waals surface area (Å²) < 4.78 is 11.6. The fraction of sp³-hybridized carbons (Fsp3) is 0.100. The molecule has 6 heteroatoms. The number of carbonyl (C=O) groups is 1. The van der Waals surface area contributed by atoms with E-state index < -0.39 is 0 Å². The van der Waals surface area contributed by atoms with Crippen molar-refractivity contribution < 1.29 is 14.3 Å². The molecular weight excluding hydrogens is 396 g/mol. The topological polar surface area (TPSA) is 59.9 Å². The van der Waals surface area contributed by atoms with E-state index in [1.165, 1.54) is 0 Å². The Balaban J connectivity index is 1.57. The van der Waals surface area contributed by atoms with Gasteiger partial charge in [0.15, 0.2) is 6.61 Å². The number of hydrogen-bond donors (Lipinski definition) is 1. The van der Waals surface area contributed by atoms with Crippen LogP contribution in [0.5, 0.6) is 11.5 Å². The van der Waals surface area contributed by atoms with Crippen molar-refractivity contribution in [3.05, 3.63) is 70.7 Å². The van der Waals surface area contributed by atoms with Crippen LogP contribution in [0.2, 0.25) is 0 Å². The number of fused-ring (bicyclic) bond motifs is 1. The van der Waals surface area contributed by atoms with Crippen molar-refractivity contribution in [2.75, 3.05) is 13.7 Å². The SMILES string of the molecule is COc1cccc(/C=N\NC(=O)COc2ccc3ccccc3c2Br)c1. The van der Waals surface area contributed by atoms with E-state index in [0.29, 0.717) is 5.75 Å². The smallest absolute Gasteiger partial charge is 0.277 e. The van der Waals surface area contributed by atoms with Gasteiger partial charge in [0.05, 0.1) is 17.8 Å². The molecule has 0 spiro atoms. The van der Waals surface area contributed by atoms with Crippen molar-refractivity contribution in [3.63, 3.8) is 0 Å². The Morgan fingerprint density at radius 1 is 1.15 bits per heavy atom. The number of nitrogens with zero attached hydrogens (tertiary/aromatic N) is 1. The molecule has 5 nitrogen and oxygen atoms in total. The third kappa shape index (κ3) is 4.40. The first-order valence-electron chi connectivity index (χ1n) is 7.93. The monoisotopic (exact) mass is 412 g/mol. The molecule has 0 saturated heterocycles. The maximum absolute atomic E-state index is 11.9. The van der Waals surface area contributed by atoms with Crippen LogP contribution in [0.3, 0.4) is 0 Å². The highest BCUT2D eigenvalue weighted by molar-refractivity contribution is 9.10. The first kappa shape index (κ1) is 17.9. The number of carbonyl (C=O) groups excluding carboxylic acids is 1. The Labute approximate surface area is 159 Å². The minimum atomic E-state index is -0.343. The third-order valence-electron chi connectivity index (χ3n) is 3.68. The molecule has 26 heavy (non-hydrogen) atoms. The van der Waals surface area contributed by atoms with Gasteiger partial charge in [-0.3, -0.25) is 4.79 Å². The fourth-order valence-electron chi connectivity index (χ4n) is 2.40. The Bertz CT molecular complexity index is 957. The molecule has 3 aromatic carbocycles. The first-order chi connectivity index (χ1) is 12.7. The third-order valence-corrected chi connectivity index (χ3v) is 4.50. The molecule has 0 unspecified atom stereocenters. The maximum atomic E-state index is 11.9. The first-order valence-corrected chi connectivity index (χ1v) is 8.72. The highest BCUT2D eigenvalue weighted by Crippen LogP contribution is 2.32. The van der Waals surface area contributed by atoms with Crippen LogP contribution in [0.1, 0.15) is 5.56 Å². The van der Waals surface area contributed by atoms with E-state index in [-0.39, 0.29) is 12.5 Å². The second kappa shape index (κ2) is 8.49. The highest BCUT2D eigenvalue weighted by atomic mass is 79.9. The Morgan fingerprint density at radius 3 is 2.85 bits per heavy atom. The van der Waals surface area contributed by atoms with Crippen LogP contribution in [0.4, 0.5) is 0 Å². The van der Waals surface area contributed by atoms with Crippen LogP contribution in [0, 0.1) is 0 Å². The average molecular weight is 413 g/mol. The number of nitrogens with one attached hydrogen (secondary N) is 1. The zero-order chi connectivity index (χ0) is 18.4. The fourth-order valence-corrected chi connectivity index (χ4v) is 3.01. The number of rotatable bonds is 6. The lowest BCUT2D eigenvalue weighted by Crippen LogP contribution is -2.24. The van der Waals surface area contributed by atoms with E-state index in [4.69, 9.17) is 9.47 Å². The van der Waals surface area contributed by atoms with Gasteiger partial charge in [-0.15, -0.1) is 0 Å². The molecule has 0 aliphatic rings. The second-order valence-corrected chi connectivity index (χ2v) is 6.25. The Kier molecular flexibility index (Phi) is 5.86. The molecule has 1 N–H and O–H groups in total. The summed E-state index contributed by atoms with van der Waals surface area (Å²) in [5, 5.41) is 6.06. The minimum absolute atomic E-state index is 0.133. The molecule has 0 heterocycles. The standard InChI is InChI=1S/C20H17BrN2O3/c1-25-16-7-4-5-14(11-16)12-22-23-19(24)13-26-18-10-9-15-6-2-3-8-17(15)20(18)21/h2-12H,13H2,1H3,(H,23,24)/b22-12-. The lowest BCUT2D eigenvalue weighted by molar-refractivity contribution is -0.123. The van der Waals surface area contributed by atoms with Crippen LogP contribution in [-0.4, -0.2) is 25.8 Å². The van der Waals surface area contributed by atoms with Crippen molar-refractivity contribution in [1.82, 2.24) is 5.43 Å². The summed E-state index contributed by atoms with van der Waals surface area (Å²) in [6.45, 7) is -0.133. The van der Waals surface area contributed by atoms with E-state index in [1.807, 2.05) is 60.7 Å². The number of halogens is 1. The van der Waals surface area contributed by atoms with Gasteiger partial charge in [0.1, 0.15) is 11.5 Å². The summed E-state index contributed by atoms with van der Waals surface area (Å²) in [5.74, 6) is 0.990. The number of amides is 1. The van der Waals surface area contributed by atoms with Crippen molar-refractivity contribution in [3.8, 4) is 11.5 Å². The van der Waals surface area contributed by atoms with Crippen LogP contribution in [0.25, 0.3) is 10.8 Å². The molecule has 3 aromatic rings. The van der Waals surface area contributed by atoms with Crippen LogP contribution >= 0.6 is 15.9 Å². The van der Waals surface area contributed by atoms with E-state index in [0.717, 1.165) is 26.6 Å². The molecule has 0 saturated carbocycles. The van der Waals surface area contributed by atoms with Gasteiger partial charge in [0.2, 0.25) is 0 Å². The molecule has 132 valence electrons. The van der Waals surface area contributed by atoms with Gasteiger partial charge in [-0.05, 0) is 50.5 Å². The number of hydrogen-bond acceptors (Lipinski definition) is 4. The molecule has 0 radical (unpaired) electrons. The van der Waals surface area contributed by atoms with Gasteiger partial charge in [-0.25, -0.2) is 5.43 Å². The molecule has 0 aliphatic heterocycles. The molecule has 3 rings (SSSR count). The molecule has 0 bridgehead atoms. The van der Waals surface area contributed by atoms with E-state index in [1.54, 1.807) is 13.3 Å². The van der Waals surface area contributed by atoms with E-state index in [2.05, 4.69) is 26.5 Å². The number of ether oxygens (including phenoxy) is 2. The molecule has 0 aliphatic carbocycles. The summed E-state index contributed by atoms with van der Waals surface area (Å²) in [4.78, 5) is 11.9. The van der Waals surface area contributed by atoms with Crippen molar-refractivity contribution >= 4 is 38.8 Å². The van der Waals surface area contributed by atoms with Crippen molar-refractivity contribution in [1.29, 1.82) is 0 Å². The maximum Gasteiger partial charge on any atom is 0.277 e. The minimum Gasteiger partial charge on any atom is -0.497 e. The number of hydrazone groups is 1. The van der Waals surface area contributed by atoms with Gasteiger partial charge >= 0.3 is 0 Å². The van der Waals surface area contributed by atoms with Gasteiger partial charge in [0.25, 0.3) is 5.91 Å². The van der Waals surface area contributed by atoms with E-state index in [9.17, 15) is 4.79 Å². The lowest BCUT2D eigenvalue weighted by atomic mass is 10.1. The summed E-state index contributed by atoms with van der Waals surface area (Å²) in [6.07, 6.45) is 1.55. The normalized spacial score (nSPS) is 10.8. The van der Waals surface area contributed by atoms with Crippen LogP contribution in [-0.2, 0) is 4.79 Å². The molecule has 0 fully saturated rings. The van der Waals surface area contributed by atoms with Crippen LogP contribution in [0.15, 0.2) is 70.2 Å². The van der Waals surface area contributed by atoms with Crippen molar-refractivity contribution in [2.45, 2.75) is 0 Å². The molecular formula is C20H17BrN2O3. The van der Waals surface area contributed by atoms with Crippen LogP contribution < -0.4 is 14.9 Å². The zero-order valence-corrected chi connectivity index (χ0v) is 15.7. The van der Waals surface area contributed by atoms with E-state index >= 15 is 0 Å². The van der Waals surface area contributed by atoms with Gasteiger partial charge in [-0.2, -0.15) is 5.10 Å². The van der Waals surface area contributed by atoms with Gasteiger partial charge in [0, 0.05) is 0 Å². The predicted octanol–water partition coefficient (Wildman–Crippen LogP) is 4.14. The van der Waals surface area contributed by atoms with Crippen molar-refractivity contribution in [2.24, 2.45) is 5.10 Å². The average Bonchev–Trinajstić information content (AvgIpc) is 2.68. The number of methoxy groups -OCH3 is 1. The second-order valence-electron chi connectivity index (χ2n) is 5.46.